The highest BCUT2D eigenvalue weighted by Gasteiger charge is 2.16. The summed E-state index contributed by atoms with van der Waals surface area (Å²) in [5.41, 5.74) is 0. The number of ether oxygens (including phenoxy) is 2. The van der Waals surface area contributed by atoms with Crippen LogP contribution in [0.4, 0.5) is 0 Å². The average Bonchev–Trinajstić information content (AvgIpc) is 2.43. The number of rotatable bonds is 1. The Labute approximate surface area is 71.1 Å². The molecule has 0 amide bonds. The molecule has 1 aromatic heterocycles. The molecule has 0 saturated heterocycles. The van der Waals surface area contributed by atoms with Gasteiger partial charge in [0, 0.05) is 19.6 Å². The fraction of sp³-hybridized carbons (Fsp3) is 0.625. The maximum absolute atomic E-state index is 5.44. The van der Waals surface area contributed by atoms with Crippen LogP contribution in [0.25, 0.3) is 0 Å². The Morgan fingerprint density at radius 3 is 3.50 bits per heavy atom. The van der Waals surface area contributed by atoms with Gasteiger partial charge in [-0.1, -0.05) is 0 Å². The first-order valence-corrected chi connectivity index (χ1v) is 4.07. The minimum absolute atomic E-state index is 0.228. The van der Waals surface area contributed by atoms with Crippen LogP contribution in [0.1, 0.15) is 6.42 Å². The molecule has 0 spiro atoms. The Morgan fingerprint density at radius 2 is 2.67 bits per heavy atom. The third kappa shape index (κ3) is 1.30. The Morgan fingerprint density at radius 1 is 1.75 bits per heavy atom. The third-order valence-electron chi connectivity index (χ3n) is 2.08. The summed E-state index contributed by atoms with van der Waals surface area (Å²) in [7, 11) is 1.72. The van der Waals surface area contributed by atoms with E-state index < -0.39 is 0 Å². The summed E-state index contributed by atoms with van der Waals surface area (Å²) < 4.78 is 12.5. The van der Waals surface area contributed by atoms with E-state index in [1.165, 1.54) is 0 Å². The van der Waals surface area contributed by atoms with E-state index in [0.717, 1.165) is 18.8 Å². The number of fused-ring (bicyclic) bond motifs is 1. The van der Waals surface area contributed by atoms with Gasteiger partial charge < -0.3 is 9.47 Å². The van der Waals surface area contributed by atoms with Crippen LogP contribution in [0.2, 0.25) is 0 Å². The van der Waals surface area contributed by atoms with Crippen molar-refractivity contribution in [2.75, 3.05) is 13.7 Å². The molecule has 0 saturated carbocycles. The van der Waals surface area contributed by atoms with Crippen molar-refractivity contribution in [1.29, 1.82) is 0 Å². The average molecular weight is 168 g/mol. The molecule has 0 bridgehead atoms. The molecule has 4 heteroatoms. The standard InChI is InChI=1S/C8H12N2O2/c1-11-7-3-5-12-8-2-4-9-10(8)6-7/h2,4,7H,3,5-6H2,1H3. The third-order valence-corrected chi connectivity index (χ3v) is 2.08. The Bertz CT molecular complexity index is 259. The number of methoxy groups -OCH3 is 1. The van der Waals surface area contributed by atoms with E-state index in [1.807, 2.05) is 10.7 Å². The lowest BCUT2D eigenvalue weighted by atomic mass is 10.3. The monoisotopic (exact) mass is 168 g/mol. The van der Waals surface area contributed by atoms with Gasteiger partial charge in [-0.3, -0.25) is 0 Å². The van der Waals surface area contributed by atoms with E-state index >= 15 is 0 Å². The second-order valence-corrected chi connectivity index (χ2v) is 2.85. The Kier molecular flexibility index (Phi) is 1.99. The van der Waals surface area contributed by atoms with Crippen molar-refractivity contribution in [3.05, 3.63) is 12.3 Å². The lowest BCUT2D eigenvalue weighted by Gasteiger charge is -2.10. The van der Waals surface area contributed by atoms with Gasteiger partial charge in [-0.2, -0.15) is 5.10 Å². The topological polar surface area (TPSA) is 36.3 Å². The minimum atomic E-state index is 0.228. The second-order valence-electron chi connectivity index (χ2n) is 2.85. The first kappa shape index (κ1) is 7.61. The molecule has 1 atom stereocenters. The summed E-state index contributed by atoms with van der Waals surface area (Å²) in [6.45, 7) is 1.50. The van der Waals surface area contributed by atoms with Gasteiger partial charge in [0.25, 0.3) is 0 Å². The zero-order valence-electron chi connectivity index (χ0n) is 7.06. The second kappa shape index (κ2) is 3.15. The molecule has 4 nitrogen and oxygen atoms in total. The van der Waals surface area contributed by atoms with E-state index in [-0.39, 0.29) is 6.10 Å². The maximum atomic E-state index is 5.44. The maximum Gasteiger partial charge on any atom is 0.211 e. The van der Waals surface area contributed by atoms with E-state index in [0.29, 0.717) is 6.61 Å². The van der Waals surface area contributed by atoms with Crippen molar-refractivity contribution in [1.82, 2.24) is 9.78 Å². The number of hydrogen-bond acceptors (Lipinski definition) is 3. The van der Waals surface area contributed by atoms with Crippen molar-refractivity contribution in [3.8, 4) is 5.88 Å². The quantitative estimate of drug-likeness (QED) is 0.618. The predicted molar refractivity (Wildman–Crippen MR) is 43.1 cm³/mol. The fourth-order valence-corrected chi connectivity index (χ4v) is 1.35. The highest BCUT2D eigenvalue weighted by molar-refractivity contribution is 5.08. The molecule has 2 heterocycles. The molecule has 2 rings (SSSR count). The van der Waals surface area contributed by atoms with E-state index in [9.17, 15) is 0 Å². The summed E-state index contributed by atoms with van der Waals surface area (Å²) in [4.78, 5) is 0. The van der Waals surface area contributed by atoms with E-state index in [1.54, 1.807) is 13.3 Å². The van der Waals surface area contributed by atoms with Crippen LogP contribution in [0.5, 0.6) is 5.88 Å². The van der Waals surface area contributed by atoms with Crippen molar-refractivity contribution in [2.45, 2.75) is 19.1 Å². The van der Waals surface area contributed by atoms with Gasteiger partial charge in [-0.25, -0.2) is 4.68 Å². The Balaban J connectivity index is 2.18. The summed E-state index contributed by atoms with van der Waals surface area (Å²) in [5.74, 6) is 0.842. The van der Waals surface area contributed by atoms with Gasteiger partial charge in [0.2, 0.25) is 5.88 Å². The summed E-state index contributed by atoms with van der Waals surface area (Å²) in [6, 6.07) is 1.87. The molecular weight excluding hydrogens is 156 g/mol. The van der Waals surface area contributed by atoms with Crippen LogP contribution < -0.4 is 4.74 Å². The lowest BCUT2D eigenvalue weighted by Crippen LogP contribution is -2.17. The first-order chi connectivity index (χ1) is 5.90. The van der Waals surface area contributed by atoms with Gasteiger partial charge in [0.15, 0.2) is 0 Å². The van der Waals surface area contributed by atoms with Crippen molar-refractivity contribution >= 4 is 0 Å². The molecule has 0 fully saturated rings. The SMILES string of the molecule is COC1CCOc2ccnn2C1. The molecule has 12 heavy (non-hydrogen) atoms. The van der Waals surface area contributed by atoms with Crippen molar-refractivity contribution < 1.29 is 9.47 Å². The molecule has 1 aliphatic rings. The van der Waals surface area contributed by atoms with Gasteiger partial charge in [-0.05, 0) is 0 Å². The minimum Gasteiger partial charge on any atom is -0.478 e. The lowest BCUT2D eigenvalue weighted by molar-refractivity contribution is 0.0775. The highest BCUT2D eigenvalue weighted by atomic mass is 16.5. The van der Waals surface area contributed by atoms with E-state index in [2.05, 4.69) is 5.10 Å². The zero-order valence-corrected chi connectivity index (χ0v) is 7.06. The van der Waals surface area contributed by atoms with Crippen LogP contribution in [0.3, 0.4) is 0 Å². The van der Waals surface area contributed by atoms with Crippen LogP contribution in [-0.4, -0.2) is 29.6 Å². The molecule has 0 N–H and O–H groups in total. The fourth-order valence-electron chi connectivity index (χ4n) is 1.35. The first-order valence-electron chi connectivity index (χ1n) is 4.07. The molecule has 0 aromatic carbocycles. The number of aromatic nitrogens is 2. The van der Waals surface area contributed by atoms with Gasteiger partial charge >= 0.3 is 0 Å². The molecule has 0 aliphatic carbocycles. The normalized spacial score (nSPS) is 22.6. The summed E-state index contributed by atoms with van der Waals surface area (Å²) in [5, 5.41) is 4.13. The van der Waals surface area contributed by atoms with Crippen molar-refractivity contribution in [2.24, 2.45) is 0 Å². The molecule has 1 aliphatic heterocycles. The van der Waals surface area contributed by atoms with Gasteiger partial charge in [-0.15, -0.1) is 0 Å². The van der Waals surface area contributed by atoms with Crippen LogP contribution in [0, 0.1) is 0 Å². The molecule has 66 valence electrons. The number of hydrogen-bond donors (Lipinski definition) is 0. The number of nitrogens with zero attached hydrogens (tertiary/aromatic N) is 2. The molecule has 1 aromatic rings. The van der Waals surface area contributed by atoms with E-state index in [4.69, 9.17) is 9.47 Å². The highest BCUT2D eigenvalue weighted by Crippen LogP contribution is 2.16. The summed E-state index contributed by atoms with van der Waals surface area (Å²) >= 11 is 0. The summed E-state index contributed by atoms with van der Waals surface area (Å²) in [6.07, 6.45) is 2.90. The zero-order chi connectivity index (χ0) is 8.39. The molecular formula is C8H12N2O2. The van der Waals surface area contributed by atoms with Crippen molar-refractivity contribution in [3.63, 3.8) is 0 Å². The smallest absolute Gasteiger partial charge is 0.211 e. The molecule has 0 radical (unpaired) electrons. The molecule has 1 unspecified atom stereocenters. The largest absolute Gasteiger partial charge is 0.478 e. The van der Waals surface area contributed by atoms with Gasteiger partial charge in [0.05, 0.1) is 25.5 Å². The van der Waals surface area contributed by atoms with Crippen LogP contribution >= 0.6 is 0 Å². The van der Waals surface area contributed by atoms with Gasteiger partial charge in [0.1, 0.15) is 0 Å². The van der Waals surface area contributed by atoms with Crippen LogP contribution in [-0.2, 0) is 11.3 Å². The van der Waals surface area contributed by atoms with Crippen LogP contribution in [0.15, 0.2) is 12.3 Å². The predicted octanol–water partition coefficient (Wildman–Crippen LogP) is 0.681. The Hall–Kier alpha value is -1.03.